The van der Waals surface area contributed by atoms with E-state index in [0.29, 0.717) is 23.0 Å². The second-order valence-corrected chi connectivity index (χ2v) is 6.39. The molecule has 0 saturated carbocycles. The van der Waals surface area contributed by atoms with E-state index in [2.05, 4.69) is 4.98 Å². The van der Waals surface area contributed by atoms with Crippen LogP contribution in [-0.2, 0) is 0 Å². The van der Waals surface area contributed by atoms with Crippen molar-refractivity contribution in [2.24, 2.45) is 0 Å². The zero-order valence-corrected chi connectivity index (χ0v) is 15.1. The molecule has 0 saturated heterocycles. The maximum atomic E-state index is 12.7. The van der Waals surface area contributed by atoms with Crippen LogP contribution in [0.2, 0.25) is 0 Å². The Morgan fingerprint density at radius 2 is 1.64 bits per heavy atom. The van der Waals surface area contributed by atoms with Crippen molar-refractivity contribution in [3.8, 4) is 23.0 Å². The van der Waals surface area contributed by atoms with Crippen LogP contribution in [0, 0.1) is 6.92 Å². The lowest BCUT2D eigenvalue weighted by Crippen LogP contribution is -2.12. The van der Waals surface area contributed by atoms with E-state index in [0.717, 1.165) is 15.2 Å². The number of benzene rings is 2. The molecule has 0 spiro atoms. The van der Waals surface area contributed by atoms with Crippen LogP contribution < -0.4 is 18.9 Å². The number of esters is 1. The molecule has 1 heterocycles. The summed E-state index contributed by atoms with van der Waals surface area (Å²) >= 11 is 1.59. The normalized spacial score (nSPS) is 10.6. The second kappa shape index (κ2) is 6.98. The smallest absolute Gasteiger partial charge is 0.351 e. The van der Waals surface area contributed by atoms with Gasteiger partial charge in [-0.1, -0.05) is 0 Å². The van der Waals surface area contributed by atoms with E-state index in [1.807, 2.05) is 13.0 Å². The summed E-state index contributed by atoms with van der Waals surface area (Å²) in [5.41, 5.74) is 0.988. The third kappa shape index (κ3) is 3.36. The molecule has 0 radical (unpaired) electrons. The van der Waals surface area contributed by atoms with Crippen LogP contribution >= 0.6 is 11.3 Å². The van der Waals surface area contributed by atoms with Gasteiger partial charge in [-0.25, -0.2) is 9.78 Å². The first-order chi connectivity index (χ1) is 12.0. The van der Waals surface area contributed by atoms with Gasteiger partial charge in [-0.05, 0) is 19.1 Å². The molecule has 0 unspecified atom stereocenters. The van der Waals surface area contributed by atoms with Gasteiger partial charge in [-0.2, -0.15) is 0 Å². The van der Waals surface area contributed by atoms with Crippen LogP contribution in [0.5, 0.6) is 23.0 Å². The fourth-order valence-electron chi connectivity index (χ4n) is 2.45. The molecule has 0 bridgehead atoms. The Morgan fingerprint density at radius 3 is 2.24 bits per heavy atom. The van der Waals surface area contributed by atoms with E-state index in [1.165, 1.54) is 21.3 Å². The number of hydrogen-bond donors (Lipinski definition) is 0. The molecule has 0 aliphatic rings. The molecular formula is C18H17NO5S. The molecule has 2 aromatic carbocycles. The number of aryl methyl sites for hydroxylation is 1. The lowest BCUT2D eigenvalue weighted by Gasteiger charge is -2.14. The summed E-state index contributed by atoms with van der Waals surface area (Å²) < 4.78 is 22.3. The molecule has 0 aliphatic heterocycles. The van der Waals surface area contributed by atoms with Crippen LogP contribution in [0.4, 0.5) is 0 Å². The van der Waals surface area contributed by atoms with Crippen LogP contribution in [0.1, 0.15) is 15.4 Å². The van der Waals surface area contributed by atoms with E-state index < -0.39 is 5.97 Å². The monoisotopic (exact) mass is 359 g/mol. The number of nitrogens with zero attached hydrogens (tertiary/aromatic N) is 1. The summed E-state index contributed by atoms with van der Waals surface area (Å²) in [6.45, 7) is 1.93. The van der Waals surface area contributed by atoms with Gasteiger partial charge >= 0.3 is 5.97 Å². The van der Waals surface area contributed by atoms with Gasteiger partial charge in [-0.3, -0.25) is 0 Å². The Morgan fingerprint density at radius 1 is 0.960 bits per heavy atom. The number of aromatic nitrogens is 1. The summed E-state index contributed by atoms with van der Waals surface area (Å²) in [4.78, 5) is 17.1. The van der Waals surface area contributed by atoms with Gasteiger partial charge in [0.1, 0.15) is 28.6 Å². The van der Waals surface area contributed by atoms with E-state index in [-0.39, 0.29) is 5.56 Å². The van der Waals surface area contributed by atoms with Crippen LogP contribution in [0.25, 0.3) is 10.2 Å². The minimum atomic E-state index is -0.581. The molecule has 3 rings (SSSR count). The van der Waals surface area contributed by atoms with E-state index >= 15 is 0 Å². The Labute approximate surface area is 148 Å². The maximum absolute atomic E-state index is 12.7. The lowest BCUT2D eigenvalue weighted by atomic mass is 10.1. The van der Waals surface area contributed by atoms with Crippen molar-refractivity contribution in [1.82, 2.24) is 4.98 Å². The van der Waals surface area contributed by atoms with Crippen molar-refractivity contribution in [2.45, 2.75) is 6.92 Å². The highest BCUT2D eigenvalue weighted by Crippen LogP contribution is 2.35. The molecule has 0 aliphatic carbocycles. The minimum absolute atomic E-state index is 0.195. The summed E-state index contributed by atoms with van der Waals surface area (Å²) in [6, 6.07) is 8.56. The molecule has 130 valence electrons. The SMILES string of the molecule is COc1cc(OC)c(C(=O)Oc2ccc3sc(C)nc3c2)c(OC)c1. The van der Waals surface area contributed by atoms with Gasteiger partial charge < -0.3 is 18.9 Å². The first-order valence-corrected chi connectivity index (χ1v) is 8.26. The minimum Gasteiger partial charge on any atom is -0.496 e. The number of carbonyl (C=O) groups excluding carboxylic acids is 1. The number of ether oxygens (including phenoxy) is 4. The third-order valence-corrected chi connectivity index (χ3v) is 4.55. The number of carbonyl (C=O) groups is 1. The standard InChI is InChI=1S/C18H17NO5S/c1-10-19-13-7-11(5-6-16(13)25-10)24-18(20)17-14(22-3)8-12(21-2)9-15(17)23-4/h5-9H,1-4H3. The number of fused-ring (bicyclic) bond motifs is 1. The molecule has 6 nitrogen and oxygen atoms in total. The number of rotatable bonds is 5. The van der Waals surface area contributed by atoms with Crippen molar-refractivity contribution in [2.75, 3.05) is 21.3 Å². The largest absolute Gasteiger partial charge is 0.496 e. The van der Waals surface area contributed by atoms with Gasteiger partial charge in [0.15, 0.2) is 0 Å². The maximum Gasteiger partial charge on any atom is 0.351 e. The Kier molecular flexibility index (Phi) is 4.76. The van der Waals surface area contributed by atoms with Crippen LogP contribution in [0.15, 0.2) is 30.3 Å². The zero-order valence-electron chi connectivity index (χ0n) is 14.3. The average Bonchev–Trinajstić information content (AvgIpc) is 2.99. The highest BCUT2D eigenvalue weighted by molar-refractivity contribution is 7.18. The summed E-state index contributed by atoms with van der Waals surface area (Å²) in [7, 11) is 4.46. The third-order valence-electron chi connectivity index (χ3n) is 3.60. The van der Waals surface area contributed by atoms with Crippen LogP contribution in [-0.4, -0.2) is 32.3 Å². The van der Waals surface area contributed by atoms with Gasteiger partial charge in [-0.15, -0.1) is 11.3 Å². The molecule has 0 fully saturated rings. The molecule has 25 heavy (non-hydrogen) atoms. The van der Waals surface area contributed by atoms with Crippen molar-refractivity contribution in [1.29, 1.82) is 0 Å². The molecular weight excluding hydrogens is 342 g/mol. The van der Waals surface area contributed by atoms with E-state index in [1.54, 1.807) is 35.6 Å². The first kappa shape index (κ1) is 17.0. The molecule has 3 aromatic rings. The average molecular weight is 359 g/mol. The zero-order chi connectivity index (χ0) is 18.0. The predicted octanol–water partition coefficient (Wildman–Crippen LogP) is 3.85. The predicted molar refractivity (Wildman–Crippen MR) is 95.4 cm³/mol. The highest BCUT2D eigenvalue weighted by Gasteiger charge is 2.22. The van der Waals surface area contributed by atoms with E-state index in [4.69, 9.17) is 18.9 Å². The topological polar surface area (TPSA) is 66.9 Å². The van der Waals surface area contributed by atoms with Crippen molar-refractivity contribution < 1.29 is 23.7 Å². The van der Waals surface area contributed by atoms with Crippen molar-refractivity contribution in [3.63, 3.8) is 0 Å². The summed E-state index contributed by atoms with van der Waals surface area (Å²) in [6.07, 6.45) is 0. The lowest BCUT2D eigenvalue weighted by molar-refractivity contribution is 0.0727. The van der Waals surface area contributed by atoms with Gasteiger partial charge in [0.05, 0.1) is 36.6 Å². The first-order valence-electron chi connectivity index (χ1n) is 7.45. The highest BCUT2D eigenvalue weighted by atomic mass is 32.1. The van der Waals surface area contributed by atoms with E-state index in [9.17, 15) is 4.79 Å². The molecule has 0 amide bonds. The molecule has 0 N–H and O–H groups in total. The summed E-state index contributed by atoms with van der Waals surface area (Å²) in [5, 5.41) is 0.956. The molecule has 1 aromatic heterocycles. The van der Waals surface area contributed by atoms with Gasteiger partial charge in [0.25, 0.3) is 0 Å². The number of methoxy groups -OCH3 is 3. The Balaban J connectivity index is 1.96. The van der Waals surface area contributed by atoms with Crippen molar-refractivity contribution >= 4 is 27.5 Å². The number of hydrogen-bond acceptors (Lipinski definition) is 7. The Hall–Kier alpha value is -2.80. The number of thiazole rings is 1. The van der Waals surface area contributed by atoms with Gasteiger partial charge in [0.2, 0.25) is 0 Å². The Bertz CT molecular complexity index is 909. The molecule has 0 atom stereocenters. The van der Waals surface area contributed by atoms with Crippen LogP contribution in [0.3, 0.4) is 0 Å². The van der Waals surface area contributed by atoms with Gasteiger partial charge in [0, 0.05) is 18.2 Å². The summed E-state index contributed by atoms with van der Waals surface area (Å²) in [5.74, 6) is 0.966. The quantitative estimate of drug-likeness (QED) is 0.509. The fourth-order valence-corrected chi connectivity index (χ4v) is 3.26. The van der Waals surface area contributed by atoms with Crippen molar-refractivity contribution in [3.05, 3.63) is 40.9 Å². The molecule has 7 heteroatoms. The second-order valence-electron chi connectivity index (χ2n) is 5.16. The fraction of sp³-hybridized carbons (Fsp3) is 0.222.